The number of aliphatic imine (C=N–C) groups is 1. The Bertz CT molecular complexity index is 736. The largest absolute Gasteiger partial charge is 0.417 e. The molecule has 8 heteroatoms. The van der Waals surface area contributed by atoms with Crippen LogP contribution in [0.25, 0.3) is 0 Å². The molecule has 1 aliphatic heterocycles. The SMILES string of the molecule is CC1=NC(C)(C=S)C(=O)N1c1ccc(C#N)c(C(F)(F)F)c1. The third-order valence-corrected chi connectivity index (χ3v) is 3.73. The first-order valence-corrected chi connectivity index (χ1v) is 6.60. The highest BCUT2D eigenvalue weighted by Gasteiger charge is 2.43. The molecule has 1 atom stereocenters. The van der Waals surface area contributed by atoms with Crippen molar-refractivity contribution in [2.45, 2.75) is 25.6 Å². The van der Waals surface area contributed by atoms with Gasteiger partial charge in [-0.3, -0.25) is 14.7 Å². The Morgan fingerprint density at radius 1 is 1.45 bits per heavy atom. The number of amidine groups is 1. The van der Waals surface area contributed by atoms with E-state index < -0.39 is 28.7 Å². The van der Waals surface area contributed by atoms with Crippen LogP contribution < -0.4 is 4.90 Å². The molecule has 0 radical (unpaired) electrons. The number of benzene rings is 1. The number of hydrogen-bond acceptors (Lipinski definition) is 4. The number of nitrogens with zero attached hydrogens (tertiary/aromatic N) is 3. The molecule has 0 aliphatic carbocycles. The molecule has 0 aromatic heterocycles. The molecule has 0 bridgehead atoms. The standard InChI is InChI=1S/C14H10F3N3OS/c1-8-19-13(2,7-22)12(21)20(8)10-4-3-9(6-18)11(5-10)14(15,16)17/h3-5,7H,1-2H3. The molecule has 0 fully saturated rings. The topological polar surface area (TPSA) is 56.5 Å². The van der Waals surface area contributed by atoms with Crippen molar-refractivity contribution in [3.05, 3.63) is 29.3 Å². The number of hydrogen-bond donors (Lipinski definition) is 0. The van der Waals surface area contributed by atoms with Gasteiger partial charge in [-0.05, 0) is 32.0 Å². The molecule has 1 aromatic rings. The average molecular weight is 325 g/mol. The second-order valence-corrected chi connectivity index (χ2v) is 5.14. The first kappa shape index (κ1) is 16.1. The lowest BCUT2D eigenvalue weighted by Gasteiger charge is -2.21. The van der Waals surface area contributed by atoms with E-state index in [1.165, 1.54) is 31.4 Å². The third-order valence-electron chi connectivity index (χ3n) is 3.27. The molecule has 1 amide bonds. The maximum absolute atomic E-state index is 13.0. The van der Waals surface area contributed by atoms with Gasteiger partial charge in [-0.2, -0.15) is 18.4 Å². The van der Waals surface area contributed by atoms with Gasteiger partial charge in [0.2, 0.25) is 0 Å². The minimum absolute atomic E-state index is 0.00171. The van der Waals surface area contributed by atoms with E-state index in [0.717, 1.165) is 17.0 Å². The summed E-state index contributed by atoms with van der Waals surface area (Å²) in [6, 6.07) is 4.57. The minimum Gasteiger partial charge on any atom is -0.271 e. The van der Waals surface area contributed by atoms with E-state index >= 15 is 0 Å². The minimum atomic E-state index is -4.69. The van der Waals surface area contributed by atoms with Crippen LogP contribution in [0.3, 0.4) is 0 Å². The summed E-state index contributed by atoms with van der Waals surface area (Å²) in [7, 11) is 0. The van der Waals surface area contributed by atoms with Gasteiger partial charge in [0.25, 0.3) is 5.91 Å². The molecular weight excluding hydrogens is 315 g/mol. The lowest BCUT2D eigenvalue weighted by Crippen LogP contribution is -2.41. The van der Waals surface area contributed by atoms with Crippen molar-refractivity contribution in [1.29, 1.82) is 5.26 Å². The summed E-state index contributed by atoms with van der Waals surface area (Å²) >= 11 is 4.78. The molecule has 22 heavy (non-hydrogen) atoms. The average Bonchev–Trinajstić information content (AvgIpc) is 2.68. The van der Waals surface area contributed by atoms with Crippen molar-refractivity contribution >= 4 is 35.0 Å². The molecule has 1 aliphatic rings. The van der Waals surface area contributed by atoms with Crippen LogP contribution in [0.15, 0.2) is 23.2 Å². The van der Waals surface area contributed by atoms with Crippen LogP contribution in [-0.4, -0.2) is 22.6 Å². The highest BCUT2D eigenvalue weighted by Crippen LogP contribution is 2.36. The third kappa shape index (κ3) is 2.48. The second kappa shape index (κ2) is 5.18. The van der Waals surface area contributed by atoms with Gasteiger partial charge >= 0.3 is 6.18 Å². The number of nitriles is 1. The van der Waals surface area contributed by atoms with Crippen molar-refractivity contribution in [3.8, 4) is 6.07 Å². The smallest absolute Gasteiger partial charge is 0.271 e. The van der Waals surface area contributed by atoms with E-state index in [1.807, 2.05) is 0 Å². The van der Waals surface area contributed by atoms with Crippen LogP contribution in [0.1, 0.15) is 25.0 Å². The number of rotatable bonds is 2. The van der Waals surface area contributed by atoms with Gasteiger partial charge in [-0.25, -0.2) is 0 Å². The van der Waals surface area contributed by atoms with E-state index in [4.69, 9.17) is 17.5 Å². The molecule has 1 aromatic carbocycles. The van der Waals surface area contributed by atoms with Gasteiger partial charge in [-0.15, -0.1) is 0 Å². The molecule has 4 nitrogen and oxygen atoms in total. The van der Waals surface area contributed by atoms with Gasteiger partial charge in [0.15, 0.2) is 5.54 Å². The Hall–Kier alpha value is -2.27. The van der Waals surface area contributed by atoms with Crippen molar-refractivity contribution in [2.75, 3.05) is 4.90 Å². The van der Waals surface area contributed by atoms with Crippen LogP contribution in [0.4, 0.5) is 18.9 Å². The zero-order chi connectivity index (χ0) is 16.7. The number of anilines is 1. The lowest BCUT2D eigenvalue weighted by atomic mass is 10.0. The highest BCUT2D eigenvalue weighted by atomic mass is 32.1. The van der Waals surface area contributed by atoms with Crippen LogP contribution in [0.5, 0.6) is 0 Å². The zero-order valence-electron chi connectivity index (χ0n) is 11.6. The van der Waals surface area contributed by atoms with Crippen molar-refractivity contribution in [2.24, 2.45) is 4.99 Å². The Morgan fingerprint density at radius 2 is 2.09 bits per heavy atom. The van der Waals surface area contributed by atoms with Gasteiger partial charge in [0.05, 0.1) is 22.9 Å². The quantitative estimate of drug-likeness (QED) is 0.785. The molecule has 1 heterocycles. The van der Waals surface area contributed by atoms with Crippen LogP contribution >= 0.6 is 12.2 Å². The van der Waals surface area contributed by atoms with Crippen molar-refractivity contribution in [1.82, 2.24) is 0 Å². The summed E-state index contributed by atoms with van der Waals surface area (Å²) in [5, 5.41) is 9.96. The van der Waals surface area contributed by atoms with Gasteiger partial charge in [-0.1, -0.05) is 12.2 Å². The first-order valence-electron chi connectivity index (χ1n) is 6.13. The van der Waals surface area contributed by atoms with E-state index in [0.29, 0.717) is 0 Å². The van der Waals surface area contributed by atoms with E-state index in [1.54, 1.807) is 0 Å². The van der Waals surface area contributed by atoms with E-state index in [9.17, 15) is 18.0 Å². The van der Waals surface area contributed by atoms with Crippen LogP contribution in [-0.2, 0) is 11.0 Å². The number of carbonyl (C=O) groups is 1. The van der Waals surface area contributed by atoms with Crippen LogP contribution in [0.2, 0.25) is 0 Å². The second-order valence-electron chi connectivity index (χ2n) is 4.90. The Morgan fingerprint density at radius 3 is 2.55 bits per heavy atom. The van der Waals surface area contributed by atoms with Crippen molar-refractivity contribution < 1.29 is 18.0 Å². The van der Waals surface area contributed by atoms with E-state index in [2.05, 4.69) is 4.99 Å². The first-order chi connectivity index (χ1) is 10.1. The Labute approximate surface area is 129 Å². The van der Waals surface area contributed by atoms with Gasteiger partial charge < -0.3 is 0 Å². The fourth-order valence-electron chi connectivity index (χ4n) is 2.19. The predicted molar refractivity (Wildman–Crippen MR) is 78.8 cm³/mol. The molecule has 114 valence electrons. The summed E-state index contributed by atoms with van der Waals surface area (Å²) in [5.41, 5.74) is -2.87. The molecule has 0 saturated carbocycles. The van der Waals surface area contributed by atoms with Gasteiger partial charge in [0, 0.05) is 5.37 Å². The summed E-state index contributed by atoms with van der Waals surface area (Å²) < 4.78 is 39.0. The number of halogens is 3. The maximum Gasteiger partial charge on any atom is 0.417 e. The Balaban J connectivity index is 2.57. The summed E-state index contributed by atoms with van der Waals surface area (Å²) in [6.45, 7) is 2.99. The molecule has 0 N–H and O–H groups in total. The molecule has 0 spiro atoms. The monoisotopic (exact) mass is 325 g/mol. The highest BCUT2D eigenvalue weighted by molar-refractivity contribution is 7.79. The summed E-state index contributed by atoms with van der Waals surface area (Å²) in [6.07, 6.45) is -4.69. The lowest BCUT2D eigenvalue weighted by molar-refractivity contribution is -0.137. The summed E-state index contributed by atoms with van der Waals surface area (Å²) in [5.74, 6) is -0.288. The van der Waals surface area contributed by atoms with Crippen molar-refractivity contribution in [3.63, 3.8) is 0 Å². The molecular formula is C14H10F3N3OS. The van der Waals surface area contributed by atoms with Gasteiger partial charge in [0.1, 0.15) is 5.84 Å². The molecule has 2 rings (SSSR count). The number of alkyl halides is 3. The molecule has 1 unspecified atom stereocenters. The zero-order valence-corrected chi connectivity index (χ0v) is 12.4. The predicted octanol–water partition coefficient (Wildman–Crippen LogP) is 3.10. The van der Waals surface area contributed by atoms with Crippen LogP contribution in [0, 0.1) is 11.3 Å². The Kier molecular flexibility index (Phi) is 3.79. The fraction of sp³-hybridized carbons (Fsp3) is 0.286. The molecule has 0 saturated heterocycles. The normalized spacial score (nSPS) is 21.5. The van der Waals surface area contributed by atoms with E-state index in [-0.39, 0.29) is 11.5 Å². The number of carbonyl (C=O) groups excluding carboxylic acids is 1. The maximum atomic E-state index is 13.0. The summed E-state index contributed by atoms with van der Waals surface area (Å²) in [4.78, 5) is 17.5. The number of amides is 1. The fourth-order valence-corrected chi connectivity index (χ4v) is 2.34. The number of thiocarbonyl (C=S) groups is 1.